The van der Waals surface area contributed by atoms with Crippen LogP contribution in [0.4, 0.5) is 5.69 Å². The van der Waals surface area contributed by atoms with Crippen LogP contribution >= 0.6 is 11.8 Å². The summed E-state index contributed by atoms with van der Waals surface area (Å²) in [6.07, 6.45) is 0. The van der Waals surface area contributed by atoms with Gasteiger partial charge in [-0.2, -0.15) is 0 Å². The van der Waals surface area contributed by atoms with Crippen molar-refractivity contribution in [3.05, 3.63) is 69.6 Å². The highest BCUT2D eigenvalue weighted by molar-refractivity contribution is 8.00. The molecule has 2 N–H and O–H groups in total. The summed E-state index contributed by atoms with van der Waals surface area (Å²) in [4.78, 5) is 24.7. The van der Waals surface area contributed by atoms with Crippen molar-refractivity contribution in [2.24, 2.45) is 0 Å². The highest BCUT2D eigenvalue weighted by Gasteiger charge is 2.29. The lowest BCUT2D eigenvalue weighted by molar-refractivity contribution is -0.704. The standard InChI is InChI=1S/C20H21N3O3S/c1-12-6-9-16(10-7-12)23-19(20(25)26-22-23)27-15(4)18(24)21-17-11-13(2)5-8-14(17)3/h5-11,15H,1-4H3,(H-,21,22,24,25)/p+1. The average Bonchev–Trinajstić information content (AvgIpc) is 2.99. The molecule has 0 aliphatic carbocycles. The predicted octanol–water partition coefficient (Wildman–Crippen LogP) is 3.29. The zero-order valence-electron chi connectivity index (χ0n) is 15.7. The highest BCUT2D eigenvalue weighted by atomic mass is 32.2. The fourth-order valence-corrected chi connectivity index (χ4v) is 3.44. The highest BCUT2D eigenvalue weighted by Crippen LogP contribution is 2.22. The number of benzene rings is 2. The Balaban J connectivity index is 1.80. The van der Waals surface area contributed by atoms with E-state index in [0.717, 1.165) is 39.8 Å². The Hall–Kier alpha value is -2.80. The molecule has 1 aromatic heterocycles. The van der Waals surface area contributed by atoms with Crippen molar-refractivity contribution in [2.45, 2.75) is 38.0 Å². The average molecular weight is 384 g/mol. The zero-order valence-corrected chi connectivity index (χ0v) is 16.5. The molecular formula is C20H22N3O3S+. The molecule has 0 spiro atoms. The summed E-state index contributed by atoms with van der Waals surface area (Å²) in [6.45, 7) is 7.67. The van der Waals surface area contributed by atoms with Crippen molar-refractivity contribution >= 4 is 23.4 Å². The number of rotatable bonds is 5. The molecule has 1 heterocycles. The Kier molecular flexibility index (Phi) is 5.51. The van der Waals surface area contributed by atoms with E-state index in [4.69, 9.17) is 4.52 Å². The maximum absolute atomic E-state index is 12.6. The lowest BCUT2D eigenvalue weighted by Gasteiger charge is -2.12. The lowest BCUT2D eigenvalue weighted by atomic mass is 10.1. The second-order valence-electron chi connectivity index (χ2n) is 6.52. The largest absolute Gasteiger partial charge is 0.442 e. The minimum absolute atomic E-state index is 0.176. The number of amides is 1. The molecule has 1 amide bonds. The number of hydrogen-bond acceptors (Lipinski definition) is 4. The molecule has 1 unspecified atom stereocenters. The van der Waals surface area contributed by atoms with Gasteiger partial charge in [-0.25, -0.2) is 4.79 Å². The van der Waals surface area contributed by atoms with Crippen molar-refractivity contribution in [1.29, 1.82) is 0 Å². The molecule has 2 aromatic carbocycles. The summed E-state index contributed by atoms with van der Waals surface area (Å²) in [5.41, 5.74) is 4.20. The van der Waals surface area contributed by atoms with E-state index in [1.807, 2.05) is 63.2 Å². The molecule has 6 nitrogen and oxygen atoms in total. The number of aryl methyl sites for hydroxylation is 3. The lowest BCUT2D eigenvalue weighted by Crippen LogP contribution is -2.37. The summed E-state index contributed by atoms with van der Waals surface area (Å²) in [5, 5.41) is 5.37. The van der Waals surface area contributed by atoms with Crippen LogP contribution in [0.25, 0.3) is 5.69 Å². The van der Waals surface area contributed by atoms with E-state index < -0.39 is 10.9 Å². The summed E-state index contributed by atoms with van der Waals surface area (Å²) < 4.78 is 6.49. The van der Waals surface area contributed by atoms with Gasteiger partial charge in [0, 0.05) is 17.8 Å². The first kappa shape index (κ1) is 19.0. The van der Waals surface area contributed by atoms with Crippen LogP contribution in [0.2, 0.25) is 0 Å². The summed E-state index contributed by atoms with van der Waals surface area (Å²) in [7, 11) is 0. The minimum atomic E-state index is -0.507. The van der Waals surface area contributed by atoms with E-state index in [1.54, 1.807) is 11.6 Å². The molecule has 0 aliphatic rings. The smallest absolute Gasteiger partial charge is 0.325 e. The van der Waals surface area contributed by atoms with Gasteiger partial charge in [0.25, 0.3) is 0 Å². The Labute approximate surface area is 161 Å². The summed E-state index contributed by atoms with van der Waals surface area (Å²) in [6, 6.07) is 13.5. The Morgan fingerprint density at radius 2 is 1.78 bits per heavy atom. The van der Waals surface area contributed by atoms with Crippen LogP contribution < -0.4 is 15.6 Å². The Morgan fingerprint density at radius 3 is 2.48 bits per heavy atom. The van der Waals surface area contributed by atoms with Gasteiger partial charge >= 0.3 is 10.7 Å². The number of carbonyl (C=O) groups is 1. The number of carbonyl (C=O) groups excluding carboxylic acids is 1. The maximum atomic E-state index is 12.6. The van der Waals surface area contributed by atoms with Gasteiger partial charge in [-0.05, 0) is 66.6 Å². The first-order valence-electron chi connectivity index (χ1n) is 8.60. The number of anilines is 1. The third kappa shape index (κ3) is 4.31. The number of nitrogens with zero attached hydrogens (tertiary/aromatic N) is 1. The first-order chi connectivity index (χ1) is 12.8. The second kappa shape index (κ2) is 7.84. The van der Waals surface area contributed by atoms with Crippen molar-refractivity contribution in [2.75, 3.05) is 5.32 Å². The number of thioether (sulfide) groups is 1. The molecule has 0 radical (unpaired) electrons. The van der Waals surface area contributed by atoms with Gasteiger partial charge in [-0.3, -0.25) is 9.32 Å². The molecule has 0 fully saturated rings. The predicted molar refractivity (Wildman–Crippen MR) is 105 cm³/mol. The van der Waals surface area contributed by atoms with Gasteiger partial charge in [0.15, 0.2) is 0 Å². The van der Waals surface area contributed by atoms with Gasteiger partial charge in [0.05, 0.1) is 5.25 Å². The molecule has 3 aromatic rings. The topological polar surface area (TPSA) is 79.0 Å². The van der Waals surface area contributed by atoms with E-state index >= 15 is 0 Å². The maximum Gasteiger partial charge on any atom is 0.442 e. The third-order valence-corrected chi connectivity index (χ3v) is 5.35. The number of H-pyrrole nitrogens is 1. The van der Waals surface area contributed by atoms with Crippen LogP contribution in [0.1, 0.15) is 23.6 Å². The van der Waals surface area contributed by atoms with Crippen LogP contribution in [-0.2, 0) is 4.79 Å². The van der Waals surface area contributed by atoms with Crippen LogP contribution in [0.3, 0.4) is 0 Å². The van der Waals surface area contributed by atoms with E-state index in [1.165, 1.54) is 0 Å². The van der Waals surface area contributed by atoms with Crippen LogP contribution in [0, 0.1) is 20.8 Å². The minimum Gasteiger partial charge on any atom is -0.325 e. The van der Waals surface area contributed by atoms with Crippen LogP contribution in [0.5, 0.6) is 0 Å². The van der Waals surface area contributed by atoms with Crippen molar-refractivity contribution in [1.82, 2.24) is 5.27 Å². The van der Waals surface area contributed by atoms with Crippen LogP contribution in [0.15, 0.2) is 56.8 Å². The van der Waals surface area contributed by atoms with Gasteiger partial charge in [-0.1, -0.05) is 29.8 Å². The molecule has 1 atom stereocenters. The molecule has 0 bridgehead atoms. The van der Waals surface area contributed by atoms with E-state index in [2.05, 4.69) is 10.6 Å². The fraction of sp³-hybridized carbons (Fsp3) is 0.250. The number of hydrogen-bond donors (Lipinski definition) is 2. The second-order valence-corrected chi connectivity index (χ2v) is 7.85. The van der Waals surface area contributed by atoms with Gasteiger partial charge in [0.2, 0.25) is 11.6 Å². The number of nitrogens with one attached hydrogen (secondary N) is 2. The monoisotopic (exact) mass is 384 g/mol. The molecular weight excluding hydrogens is 362 g/mol. The van der Waals surface area contributed by atoms with Gasteiger partial charge in [0.1, 0.15) is 0 Å². The molecule has 140 valence electrons. The first-order valence-corrected chi connectivity index (χ1v) is 9.48. The Bertz CT molecular complexity index is 1020. The Morgan fingerprint density at radius 1 is 1.11 bits per heavy atom. The molecule has 0 aliphatic heterocycles. The number of aromatic nitrogens is 2. The number of aromatic amines is 1. The molecule has 27 heavy (non-hydrogen) atoms. The fourth-order valence-electron chi connectivity index (χ4n) is 2.55. The van der Waals surface area contributed by atoms with Crippen molar-refractivity contribution < 1.29 is 14.0 Å². The normalized spacial score (nSPS) is 12.0. The SMILES string of the molecule is Cc1ccc(-[n+]2[nH]oc(=O)c2SC(C)C(=O)Nc2cc(C)ccc2C)cc1. The summed E-state index contributed by atoms with van der Waals surface area (Å²) >= 11 is 1.15. The van der Waals surface area contributed by atoms with Gasteiger partial charge in [-0.15, -0.1) is 0 Å². The van der Waals surface area contributed by atoms with E-state index in [0.29, 0.717) is 5.03 Å². The zero-order chi connectivity index (χ0) is 19.6. The molecule has 3 rings (SSSR count). The van der Waals surface area contributed by atoms with E-state index in [-0.39, 0.29) is 5.91 Å². The summed E-state index contributed by atoms with van der Waals surface area (Å²) in [5.74, 6) is -0.176. The van der Waals surface area contributed by atoms with Crippen LogP contribution in [-0.4, -0.2) is 16.4 Å². The van der Waals surface area contributed by atoms with Crippen molar-refractivity contribution in [3.8, 4) is 5.69 Å². The third-order valence-electron chi connectivity index (χ3n) is 4.21. The molecule has 0 saturated heterocycles. The quantitative estimate of drug-likeness (QED) is 0.523. The molecule has 7 heteroatoms. The van der Waals surface area contributed by atoms with Crippen molar-refractivity contribution in [3.63, 3.8) is 0 Å². The van der Waals surface area contributed by atoms with Gasteiger partial charge < -0.3 is 5.32 Å². The van der Waals surface area contributed by atoms with E-state index in [9.17, 15) is 9.59 Å². The molecule has 0 saturated carbocycles.